The monoisotopic (exact) mass is 270 g/mol. The van der Waals surface area contributed by atoms with Crippen molar-refractivity contribution < 1.29 is 9.90 Å². The number of carboxylic acid groups (broad SMARTS) is 1. The highest BCUT2D eigenvalue weighted by Gasteiger charge is 2.12. The van der Waals surface area contributed by atoms with Crippen LogP contribution in [0.25, 0.3) is 10.4 Å². The Kier molecular flexibility index (Phi) is 3.83. The molecule has 2 aromatic rings. The Morgan fingerprint density at radius 3 is 2.65 bits per heavy atom. The van der Waals surface area contributed by atoms with E-state index in [1.165, 1.54) is 10.8 Å². The van der Waals surface area contributed by atoms with Crippen LogP contribution in [0.3, 0.4) is 0 Å². The zero-order valence-corrected chi connectivity index (χ0v) is 10.3. The van der Waals surface area contributed by atoms with Crippen molar-refractivity contribution in [1.29, 1.82) is 0 Å². The molecule has 7 heteroatoms. The SMILES string of the molecule is [N-]=[N+]=Nc1cc(=O)n(Cc2ccccc2)cc1C(=O)O. The van der Waals surface area contributed by atoms with Gasteiger partial charge in [0, 0.05) is 17.2 Å². The summed E-state index contributed by atoms with van der Waals surface area (Å²) in [7, 11) is 0. The van der Waals surface area contributed by atoms with Gasteiger partial charge in [-0.3, -0.25) is 4.79 Å². The maximum atomic E-state index is 11.9. The molecule has 1 aromatic carbocycles. The lowest BCUT2D eigenvalue weighted by Crippen LogP contribution is -2.21. The molecule has 0 radical (unpaired) electrons. The normalized spacial score (nSPS) is 9.80. The number of aromatic carboxylic acids is 1. The Bertz CT molecular complexity index is 746. The van der Waals surface area contributed by atoms with Crippen LogP contribution in [0.1, 0.15) is 15.9 Å². The van der Waals surface area contributed by atoms with Crippen molar-refractivity contribution in [2.45, 2.75) is 6.54 Å². The first-order valence-corrected chi connectivity index (χ1v) is 5.68. The van der Waals surface area contributed by atoms with Crippen molar-refractivity contribution in [2.24, 2.45) is 5.11 Å². The second kappa shape index (κ2) is 5.73. The maximum Gasteiger partial charge on any atom is 0.337 e. The van der Waals surface area contributed by atoms with E-state index >= 15 is 0 Å². The fraction of sp³-hybridized carbons (Fsp3) is 0.0769. The fourth-order valence-electron chi connectivity index (χ4n) is 1.76. The predicted octanol–water partition coefficient (Wildman–Crippen LogP) is 2.54. The largest absolute Gasteiger partial charge is 0.478 e. The summed E-state index contributed by atoms with van der Waals surface area (Å²) in [5, 5.41) is 12.3. The number of rotatable bonds is 4. The topological polar surface area (TPSA) is 108 Å². The van der Waals surface area contributed by atoms with Crippen LogP contribution >= 0.6 is 0 Å². The van der Waals surface area contributed by atoms with Crippen molar-refractivity contribution in [3.8, 4) is 0 Å². The fourth-order valence-corrected chi connectivity index (χ4v) is 1.76. The molecule has 1 N–H and O–H groups in total. The molecule has 0 aliphatic heterocycles. The highest BCUT2D eigenvalue weighted by atomic mass is 16.4. The lowest BCUT2D eigenvalue weighted by Gasteiger charge is -2.08. The summed E-state index contributed by atoms with van der Waals surface area (Å²) < 4.78 is 1.26. The van der Waals surface area contributed by atoms with E-state index in [1.807, 2.05) is 30.3 Å². The number of hydrogen-bond donors (Lipinski definition) is 1. The number of benzene rings is 1. The summed E-state index contributed by atoms with van der Waals surface area (Å²) in [6, 6.07) is 10.2. The molecule has 2 rings (SSSR count). The lowest BCUT2D eigenvalue weighted by atomic mass is 10.2. The molecule has 0 unspecified atom stereocenters. The standard InChI is InChI=1S/C13H10N4O3/c14-16-15-11-6-12(18)17(8-10(11)13(19)20)7-9-4-2-1-3-5-9/h1-6,8H,7H2,(H,19,20). The number of azide groups is 1. The van der Waals surface area contributed by atoms with Gasteiger partial charge in [0.25, 0.3) is 5.56 Å². The zero-order chi connectivity index (χ0) is 14.5. The van der Waals surface area contributed by atoms with E-state index in [1.54, 1.807) is 0 Å². The molecule has 0 bridgehead atoms. The van der Waals surface area contributed by atoms with E-state index in [-0.39, 0.29) is 17.8 Å². The molecule has 0 spiro atoms. The minimum absolute atomic E-state index is 0.186. The van der Waals surface area contributed by atoms with Gasteiger partial charge in [0.2, 0.25) is 0 Å². The third-order valence-electron chi connectivity index (χ3n) is 2.68. The van der Waals surface area contributed by atoms with Crippen molar-refractivity contribution >= 4 is 11.7 Å². The van der Waals surface area contributed by atoms with E-state index < -0.39 is 11.5 Å². The van der Waals surface area contributed by atoms with Gasteiger partial charge in [-0.25, -0.2) is 4.79 Å². The molecule has 0 amide bonds. The molecule has 7 nitrogen and oxygen atoms in total. The summed E-state index contributed by atoms with van der Waals surface area (Å²) in [5.41, 5.74) is 8.42. The maximum absolute atomic E-state index is 11.9. The Morgan fingerprint density at radius 2 is 2.05 bits per heavy atom. The van der Waals surface area contributed by atoms with E-state index in [9.17, 15) is 9.59 Å². The Morgan fingerprint density at radius 1 is 1.35 bits per heavy atom. The summed E-state index contributed by atoms with van der Waals surface area (Å²) in [4.78, 5) is 25.5. The van der Waals surface area contributed by atoms with Gasteiger partial charge in [-0.05, 0) is 11.1 Å². The predicted molar refractivity (Wildman–Crippen MR) is 72.0 cm³/mol. The van der Waals surface area contributed by atoms with Crippen molar-refractivity contribution in [1.82, 2.24) is 4.57 Å². The summed E-state index contributed by atoms with van der Waals surface area (Å²) in [6.45, 7) is 0.247. The molecule has 0 saturated carbocycles. The van der Waals surface area contributed by atoms with Gasteiger partial charge in [-0.2, -0.15) is 0 Å². The Labute approximate surface area is 113 Å². The first-order valence-electron chi connectivity index (χ1n) is 5.68. The van der Waals surface area contributed by atoms with Crippen molar-refractivity contribution in [2.75, 3.05) is 0 Å². The average molecular weight is 270 g/mol. The second-order valence-electron chi connectivity index (χ2n) is 4.02. The molecule has 1 aromatic heterocycles. The van der Waals surface area contributed by atoms with Crippen LogP contribution in [0.2, 0.25) is 0 Å². The molecule has 20 heavy (non-hydrogen) atoms. The number of pyridine rings is 1. The van der Waals surface area contributed by atoms with Gasteiger partial charge in [0.1, 0.15) is 0 Å². The number of carboxylic acids is 1. The Balaban J connectivity index is 2.50. The highest BCUT2D eigenvalue weighted by molar-refractivity contribution is 5.92. The molecule has 0 aliphatic rings. The summed E-state index contributed by atoms with van der Waals surface area (Å²) in [6.07, 6.45) is 1.18. The molecule has 0 aliphatic carbocycles. The number of hydrogen-bond acceptors (Lipinski definition) is 3. The molecule has 1 heterocycles. The minimum Gasteiger partial charge on any atom is -0.478 e. The molecular formula is C13H10N4O3. The molecule has 0 fully saturated rings. The van der Waals surface area contributed by atoms with Crippen LogP contribution < -0.4 is 5.56 Å². The highest BCUT2D eigenvalue weighted by Crippen LogP contribution is 2.17. The van der Waals surface area contributed by atoms with Crippen LogP contribution in [0.4, 0.5) is 5.69 Å². The summed E-state index contributed by atoms with van der Waals surface area (Å²) >= 11 is 0. The Hall–Kier alpha value is -3.05. The van der Waals surface area contributed by atoms with Gasteiger partial charge < -0.3 is 9.67 Å². The van der Waals surface area contributed by atoms with Crippen LogP contribution in [-0.4, -0.2) is 15.6 Å². The van der Waals surface area contributed by atoms with Crippen LogP contribution in [0.5, 0.6) is 0 Å². The molecule has 0 saturated heterocycles. The quantitative estimate of drug-likeness (QED) is 0.523. The second-order valence-corrected chi connectivity index (χ2v) is 4.02. The van der Waals surface area contributed by atoms with Gasteiger partial charge in [-0.1, -0.05) is 35.4 Å². The third kappa shape index (κ3) is 2.85. The van der Waals surface area contributed by atoms with E-state index in [2.05, 4.69) is 10.0 Å². The average Bonchev–Trinajstić information content (AvgIpc) is 2.43. The van der Waals surface area contributed by atoms with Crippen LogP contribution in [0.15, 0.2) is 52.5 Å². The minimum atomic E-state index is -1.26. The van der Waals surface area contributed by atoms with E-state index in [0.717, 1.165) is 11.6 Å². The van der Waals surface area contributed by atoms with Gasteiger partial charge >= 0.3 is 5.97 Å². The first-order chi connectivity index (χ1) is 9.61. The molecule has 100 valence electrons. The first kappa shape index (κ1) is 13.4. The number of carbonyl (C=O) groups is 1. The van der Waals surface area contributed by atoms with Crippen LogP contribution in [-0.2, 0) is 6.54 Å². The smallest absolute Gasteiger partial charge is 0.337 e. The van der Waals surface area contributed by atoms with Crippen molar-refractivity contribution in [3.05, 3.63) is 74.5 Å². The van der Waals surface area contributed by atoms with Gasteiger partial charge in [0.15, 0.2) is 0 Å². The van der Waals surface area contributed by atoms with E-state index in [0.29, 0.717) is 0 Å². The third-order valence-corrected chi connectivity index (χ3v) is 2.68. The van der Waals surface area contributed by atoms with Gasteiger partial charge in [0.05, 0.1) is 17.8 Å². The van der Waals surface area contributed by atoms with Crippen LogP contribution in [0, 0.1) is 0 Å². The lowest BCUT2D eigenvalue weighted by molar-refractivity contribution is 0.0697. The number of aromatic nitrogens is 1. The summed E-state index contributed by atoms with van der Waals surface area (Å²) in [5.74, 6) is -1.26. The molecule has 0 atom stereocenters. The number of nitrogens with zero attached hydrogens (tertiary/aromatic N) is 4. The van der Waals surface area contributed by atoms with Gasteiger partial charge in [-0.15, -0.1) is 0 Å². The zero-order valence-electron chi connectivity index (χ0n) is 10.3. The molecular weight excluding hydrogens is 260 g/mol. The van der Waals surface area contributed by atoms with Crippen molar-refractivity contribution in [3.63, 3.8) is 0 Å². The van der Waals surface area contributed by atoms with E-state index in [4.69, 9.17) is 10.6 Å².